The van der Waals surface area contributed by atoms with Gasteiger partial charge in [0.1, 0.15) is 11.5 Å². The average molecular weight is 350 g/mol. The molecule has 5 heteroatoms. The first-order chi connectivity index (χ1) is 8.81. The monoisotopic (exact) mass is 350 g/mol. The molecule has 0 saturated carbocycles. The van der Waals surface area contributed by atoms with Crippen molar-refractivity contribution in [3.8, 4) is 0 Å². The van der Waals surface area contributed by atoms with Crippen LogP contribution in [0.5, 0.6) is 0 Å². The Morgan fingerprint density at radius 1 is 1.17 bits per heavy atom. The molecule has 3 aromatic heterocycles. The molecular formula is C13H11IN4. The normalized spacial score (nSPS) is 10.7. The SMILES string of the molecule is Ic1ccc(NCc2ccc3nccn3c2)nc1. The number of halogens is 1. The van der Waals surface area contributed by atoms with Crippen LogP contribution in [0.25, 0.3) is 5.65 Å². The summed E-state index contributed by atoms with van der Waals surface area (Å²) >= 11 is 2.24. The minimum absolute atomic E-state index is 0.752. The predicted octanol–water partition coefficient (Wildman–Crippen LogP) is 2.95. The van der Waals surface area contributed by atoms with Gasteiger partial charge in [0.2, 0.25) is 0 Å². The largest absolute Gasteiger partial charge is 0.366 e. The van der Waals surface area contributed by atoms with Crippen molar-refractivity contribution >= 4 is 34.1 Å². The number of hydrogen-bond acceptors (Lipinski definition) is 3. The molecule has 0 amide bonds. The van der Waals surface area contributed by atoms with Crippen molar-refractivity contribution in [1.82, 2.24) is 14.4 Å². The molecule has 0 radical (unpaired) electrons. The fraction of sp³-hybridized carbons (Fsp3) is 0.0769. The summed E-state index contributed by atoms with van der Waals surface area (Å²) in [7, 11) is 0. The highest BCUT2D eigenvalue weighted by atomic mass is 127. The van der Waals surface area contributed by atoms with E-state index in [4.69, 9.17) is 0 Å². The quantitative estimate of drug-likeness (QED) is 0.739. The van der Waals surface area contributed by atoms with Crippen LogP contribution in [0.1, 0.15) is 5.56 Å². The first kappa shape index (κ1) is 11.5. The number of imidazole rings is 1. The number of pyridine rings is 2. The van der Waals surface area contributed by atoms with Gasteiger partial charge in [-0.05, 0) is 46.4 Å². The third-order valence-electron chi connectivity index (χ3n) is 2.65. The zero-order valence-electron chi connectivity index (χ0n) is 9.55. The molecule has 90 valence electrons. The summed E-state index contributed by atoms with van der Waals surface area (Å²) in [6, 6.07) is 8.10. The van der Waals surface area contributed by atoms with E-state index in [1.807, 2.05) is 35.0 Å². The molecule has 0 unspecified atom stereocenters. The van der Waals surface area contributed by atoms with E-state index in [-0.39, 0.29) is 0 Å². The molecule has 0 spiro atoms. The van der Waals surface area contributed by atoms with E-state index < -0.39 is 0 Å². The van der Waals surface area contributed by atoms with E-state index >= 15 is 0 Å². The number of fused-ring (bicyclic) bond motifs is 1. The van der Waals surface area contributed by atoms with E-state index in [9.17, 15) is 0 Å². The summed E-state index contributed by atoms with van der Waals surface area (Å²) in [6.45, 7) is 0.752. The highest BCUT2D eigenvalue weighted by Gasteiger charge is 1.98. The zero-order chi connectivity index (χ0) is 12.4. The number of nitrogens with one attached hydrogen (secondary N) is 1. The summed E-state index contributed by atoms with van der Waals surface area (Å²) in [5.74, 6) is 0.890. The second-order valence-corrected chi connectivity index (χ2v) is 5.19. The van der Waals surface area contributed by atoms with E-state index in [0.29, 0.717) is 0 Å². The van der Waals surface area contributed by atoms with Crippen LogP contribution in [-0.2, 0) is 6.54 Å². The van der Waals surface area contributed by atoms with Gasteiger partial charge in [-0.2, -0.15) is 0 Å². The van der Waals surface area contributed by atoms with Crippen molar-refractivity contribution in [3.63, 3.8) is 0 Å². The highest BCUT2D eigenvalue weighted by molar-refractivity contribution is 14.1. The molecule has 0 aliphatic rings. The van der Waals surface area contributed by atoms with Gasteiger partial charge in [-0.15, -0.1) is 0 Å². The lowest BCUT2D eigenvalue weighted by Crippen LogP contribution is -2.02. The standard InChI is InChI=1S/C13H11IN4/c14-11-2-3-12(17-8-11)16-7-10-1-4-13-15-5-6-18(13)9-10/h1-6,8-9H,7H2,(H,16,17). The Morgan fingerprint density at radius 2 is 2.11 bits per heavy atom. The predicted molar refractivity (Wildman–Crippen MR) is 79.5 cm³/mol. The van der Waals surface area contributed by atoms with Crippen LogP contribution in [0.4, 0.5) is 5.82 Å². The van der Waals surface area contributed by atoms with Crippen LogP contribution < -0.4 is 5.32 Å². The Kier molecular flexibility index (Phi) is 3.14. The fourth-order valence-corrected chi connectivity index (χ4v) is 2.06. The van der Waals surface area contributed by atoms with E-state index in [1.165, 1.54) is 5.56 Å². The molecular weight excluding hydrogens is 339 g/mol. The van der Waals surface area contributed by atoms with Crippen LogP contribution >= 0.6 is 22.6 Å². The van der Waals surface area contributed by atoms with E-state index in [2.05, 4.69) is 50.1 Å². The van der Waals surface area contributed by atoms with Gasteiger partial charge in [0, 0.05) is 34.9 Å². The van der Waals surface area contributed by atoms with Crippen LogP contribution in [0.3, 0.4) is 0 Å². The molecule has 0 bridgehead atoms. The van der Waals surface area contributed by atoms with Gasteiger partial charge < -0.3 is 9.72 Å². The topological polar surface area (TPSA) is 42.2 Å². The fourth-order valence-electron chi connectivity index (χ4n) is 1.74. The number of anilines is 1. The molecule has 3 heterocycles. The Morgan fingerprint density at radius 3 is 2.94 bits per heavy atom. The summed E-state index contributed by atoms with van der Waals surface area (Å²) in [4.78, 5) is 8.53. The molecule has 0 atom stereocenters. The van der Waals surface area contributed by atoms with Crippen LogP contribution in [0.2, 0.25) is 0 Å². The second kappa shape index (κ2) is 4.93. The molecule has 0 fully saturated rings. The van der Waals surface area contributed by atoms with Gasteiger partial charge in [0.25, 0.3) is 0 Å². The lowest BCUT2D eigenvalue weighted by molar-refractivity contribution is 1.06. The van der Waals surface area contributed by atoms with Gasteiger partial charge in [-0.3, -0.25) is 0 Å². The maximum Gasteiger partial charge on any atom is 0.136 e. The summed E-state index contributed by atoms with van der Waals surface area (Å²) in [5.41, 5.74) is 2.16. The van der Waals surface area contributed by atoms with Crippen molar-refractivity contribution in [3.05, 3.63) is 58.2 Å². The van der Waals surface area contributed by atoms with Crippen molar-refractivity contribution in [2.45, 2.75) is 6.54 Å². The van der Waals surface area contributed by atoms with Gasteiger partial charge in [0.05, 0.1) is 0 Å². The Hall–Kier alpha value is -1.63. The number of hydrogen-bond donors (Lipinski definition) is 1. The van der Waals surface area contributed by atoms with Crippen LogP contribution in [0.15, 0.2) is 49.1 Å². The lowest BCUT2D eigenvalue weighted by atomic mass is 10.3. The third-order valence-corrected chi connectivity index (χ3v) is 3.29. The number of nitrogens with zero attached hydrogens (tertiary/aromatic N) is 3. The van der Waals surface area contributed by atoms with Gasteiger partial charge in [0.15, 0.2) is 0 Å². The molecule has 18 heavy (non-hydrogen) atoms. The smallest absolute Gasteiger partial charge is 0.136 e. The second-order valence-electron chi connectivity index (χ2n) is 3.95. The molecule has 4 nitrogen and oxygen atoms in total. The third kappa shape index (κ3) is 2.45. The lowest BCUT2D eigenvalue weighted by Gasteiger charge is -2.06. The molecule has 3 aromatic rings. The Labute approximate surface area is 118 Å². The first-order valence-electron chi connectivity index (χ1n) is 5.58. The number of rotatable bonds is 3. The Balaban J connectivity index is 1.74. The first-order valence-corrected chi connectivity index (χ1v) is 6.66. The molecule has 3 rings (SSSR count). The molecule has 0 aromatic carbocycles. The Bertz CT molecular complexity index is 660. The number of aromatic nitrogens is 3. The maximum absolute atomic E-state index is 4.31. The van der Waals surface area contributed by atoms with Crippen molar-refractivity contribution in [2.75, 3.05) is 5.32 Å². The molecule has 1 N–H and O–H groups in total. The molecule has 0 aliphatic heterocycles. The summed E-state index contributed by atoms with van der Waals surface area (Å²) in [6.07, 6.45) is 7.67. The van der Waals surface area contributed by atoms with Crippen molar-refractivity contribution < 1.29 is 0 Å². The average Bonchev–Trinajstić information content (AvgIpc) is 2.85. The summed E-state index contributed by atoms with van der Waals surface area (Å²) in [5, 5.41) is 3.30. The van der Waals surface area contributed by atoms with Crippen LogP contribution in [-0.4, -0.2) is 14.4 Å². The van der Waals surface area contributed by atoms with Gasteiger partial charge >= 0.3 is 0 Å². The highest BCUT2D eigenvalue weighted by Crippen LogP contribution is 2.10. The van der Waals surface area contributed by atoms with E-state index in [1.54, 1.807) is 6.20 Å². The zero-order valence-corrected chi connectivity index (χ0v) is 11.7. The minimum atomic E-state index is 0.752. The van der Waals surface area contributed by atoms with Crippen molar-refractivity contribution in [2.24, 2.45) is 0 Å². The van der Waals surface area contributed by atoms with Gasteiger partial charge in [-0.25, -0.2) is 9.97 Å². The maximum atomic E-state index is 4.31. The van der Waals surface area contributed by atoms with Gasteiger partial charge in [-0.1, -0.05) is 6.07 Å². The summed E-state index contributed by atoms with van der Waals surface area (Å²) < 4.78 is 3.15. The molecule has 0 saturated heterocycles. The molecule has 0 aliphatic carbocycles. The van der Waals surface area contributed by atoms with E-state index in [0.717, 1.165) is 21.6 Å². The minimum Gasteiger partial charge on any atom is -0.366 e. The van der Waals surface area contributed by atoms with Crippen molar-refractivity contribution in [1.29, 1.82) is 0 Å². The van der Waals surface area contributed by atoms with Crippen LogP contribution in [0, 0.1) is 3.57 Å².